The number of nitrogens with two attached hydrogens (primary N) is 1. The molecule has 80 valence electrons. The van der Waals surface area contributed by atoms with Crippen LogP contribution in [0.1, 0.15) is 31.1 Å². The third-order valence-electron chi connectivity index (χ3n) is 2.63. The van der Waals surface area contributed by atoms with Gasteiger partial charge in [-0.1, -0.05) is 32.0 Å². The quantitative estimate of drug-likeness (QED) is 0.832. The fraction of sp³-hybridized carbons (Fsp3) is 0.385. The van der Waals surface area contributed by atoms with Gasteiger partial charge in [-0.15, -0.1) is 0 Å². The van der Waals surface area contributed by atoms with Gasteiger partial charge < -0.3 is 10.2 Å². The van der Waals surface area contributed by atoms with Gasteiger partial charge in [0.2, 0.25) is 0 Å². The van der Waals surface area contributed by atoms with Crippen molar-refractivity contribution in [1.29, 1.82) is 0 Å². The van der Waals surface area contributed by atoms with Crippen molar-refractivity contribution in [3.05, 3.63) is 35.6 Å². The number of hydrogen-bond acceptors (Lipinski definition) is 2. The van der Waals surface area contributed by atoms with Crippen molar-refractivity contribution in [2.75, 3.05) is 6.54 Å². The molecule has 15 heavy (non-hydrogen) atoms. The van der Waals surface area contributed by atoms with Crippen LogP contribution in [0.3, 0.4) is 0 Å². The SMILES string of the molecule is CC(C)c1cc2cccc(CCN)c2o1. The molecule has 0 aliphatic carbocycles. The second-order valence-electron chi connectivity index (χ2n) is 4.18. The fourth-order valence-corrected chi connectivity index (χ4v) is 1.78. The molecule has 1 aromatic carbocycles. The Labute approximate surface area is 90.1 Å². The maximum absolute atomic E-state index is 5.86. The normalized spacial score (nSPS) is 11.5. The summed E-state index contributed by atoms with van der Waals surface area (Å²) in [6, 6.07) is 8.36. The lowest BCUT2D eigenvalue weighted by molar-refractivity contribution is 0.519. The predicted molar refractivity (Wildman–Crippen MR) is 63.1 cm³/mol. The van der Waals surface area contributed by atoms with Gasteiger partial charge in [0.25, 0.3) is 0 Å². The topological polar surface area (TPSA) is 39.2 Å². The molecule has 0 fully saturated rings. The smallest absolute Gasteiger partial charge is 0.137 e. The van der Waals surface area contributed by atoms with E-state index in [1.807, 2.05) is 0 Å². The van der Waals surface area contributed by atoms with Gasteiger partial charge in [0, 0.05) is 11.3 Å². The van der Waals surface area contributed by atoms with E-state index in [1.54, 1.807) is 0 Å². The van der Waals surface area contributed by atoms with E-state index in [0.29, 0.717) is 12.5 Å². The summed E-state index contributed by atoms with van der Waals surface area (Å²) in [5.41, 5.74) is 7.79. The van der Waals surface area contributed by atoms with Crippen LogP contribution in [0, 0.1) is 0 Å². The summed E-state index contributed by atoms with van der Waals surface area (Å²) in [5, 5.41) is 1.18. The third-order valence-corrected chi connectivity index (χ3v) is 2.63. The number of rotatable bonds is 3. The maximum atomic E-state index is 5.86. The van der Waals surface area contributed by atoms with Crippen molar-refractivity contribution in [3.8, 4) is 0 Å². The zero-order valence-electron chi connectivity index (χ0n) is 9.29. The van der Waals surface area contributed by atoms with Gasteiger partial charge in [-0.2, -0.15) is 0 Å². The molecule has 0 aliphatic rings. The first-order chi connectivity index (χ1) is 7.22. The number of para-hydroxylation sites is 1. The summed E-state index contributed by atoms with van der Waals surface area (Å²) in [6.45, 7) is 4.94. The van der Waals surface area contributed by atoms with Crippen LogP contribution in [0.4, 0.5) is 0 Å². The van der Waals surface area contributed by atoms with Crippen molar-refractivity contribution in [2.45, 2.75) is 26.2 Å². The zero-order valence-corrected chi connectivity index (χ0v) is 9.29. The Balaban J connectivity index is 2.54. The van der Waals surface area contributed by atoms with E-state index in [0.717, 1.165) is 17.8 Å². The Kier molecular flexibility index (Phi) is 2.78. The largest absolute Gasteiger partial charge is 0.461 e. The molecule has 2 rings (SSSR count). The van der Waals surface area contributed by atoms with Crippen LogP contribution in [-0.2, 0) is 6.42 Å². The summed E-state index contributed by atoms with van der Waals surface area (Å²) in [6.07, 6.45) is 0.877. The van der Waals surface area contributed by atoms with Crippen LogP contribution >= 0.6 is 0 Å². The number of hydrogen-bond donors (Lipinski definition) is 1. The van der Waals surface area contributed by atoms with E-state index in [1.165, 1.54) is 10.9 Å². The summed E-state index contributed by atoms with van der Waals surface area (Å²) in [7, 11) is 0. The van der Waals surface area contributed by atoms with E-state index in [4.69, 9.17) is 10.2 Å². The van der Waals surface area contributed by atoms with Crippen molar-refractivity contribution in [3.63, 3.8) is 0 Å². The summed E-state index contributed by atoms with van der Waals surface area (Å²) in [5.74, 6) is 1.48. The monoisotopic (exact) mass is 203 g/mol. The molecule has 2 nitrogen and oxygen atoms in total. The average molecular weight is 203 g/mol. The van der Waals surface area contributed by atoms with Crippen LogP contribution < -0.4 is 5.73 Å². The molecule has 1 aromatic heterocycles. The van der Waals surface area contributed by atoms with E-state index in [9.17, 15) is 0 Å². The molecule has 0 spiro atoms. The molecule has 0 saturated heterocycles. The number of furan rings is 1. The van der Waals surface area contributed by atoms with E-state index >= 15 is 0 Å². The van der Waals surface area contributed by atoms with E-state index < -0.39 is 0 Å². The minimum atomic E-state index is 0.433. The Morgan fingerprint density at radius 1 is 1.33 bits per heavy atom. The van der Waals surface area contributed by atoms with Gasteiger partial charge in [-0.25, -0.2) is 0 Å². The van der Waals surface area contributed by atoms with Gasteiger partial charge >= 0.3 is 0 Å². The summed E-state index contributed by atoms with van der Waals surface area (Å²) < 4.78 is 5.86. The highest BCUT2D eigenvalue weighted by Crippen LogP contribution is 2.27. The molecule has 1 heterocycles. The van der Waals surface area contributed by atoms with Gasteiger partial charge in [-0.05, 0) is 24.6 Å². The lowest BCUT2D eigenvalue weighted by Crippen LogP contribution is -2.02. The van der Waals surface area contributed by atoms with Crippen molar-refractivity contribution in [2.24, 2.45) is 5.73 Å². The molecule has 0 unspecified atom stereocenters. The van der Waals surface area contributed by atoms with Crippen molar-refractivity contribution >= 4 is 11.0 Å². The molecule has 2 N–H and O–H groups in total. The van der Waals surface area contributed by atoms with Crippen LogP contribution in [0.2, 0.25) is 0 Å². The molecule has 0 saturated carbocycles. The standard InChI is InChI=1S/C13H17NO/c1-9(2)12-8-11-5-3-4-10(6-7-14)13(11)15-12/h3-5,8-9H,6-7,14H2,1-2H3. The van der Waals surface area contributed by atoms with Crippen LogP contribution in [-0.4, -0.2) is 6.54 Å². The van der Waals surface area contributed by atoms with E-state index in [2.05, 4.69) is 38.1 Å². The highest BCUT2D eigenvalue weighted by atomic mass is 16.3. The first kappa shape index (κ1) is 10.2. The van der Waals surface area contributed by atoms with Crippen LogP contribution in [0.25, 0.3) is 11.0 Å². The molecule has 2 aromatic rings. The second kappa shape index (κ2) is 4.07. The lowest BCUT2D eigenvalue weighted by atomic mass is 10.1. The van der Waals surface area contributed by atoms with Gasteiger partial charge in [0.15, 0.2) is 0 Å². The van der Waals surface area contributed by atoms with Gasteiger partial charge in [0.1, 0.15) is 11.3 Å². The molecule has 0 bridgehead atoms. The molecular weight excluding hydrogens is 186 g/mol. The minimum absolute atomic E-state index is 0.433. The second-order valence-corrected chi connectivity index (χ2v) is 4.18. The Bertz CT molecular complexity index is 457. The average Bonchev–Trinajstić information content (AvgIpc) is 2.63. The Morgan fingerprint density at radius 2 is 2.13 bits per heavy atom. The fourth-order valence-electron chi connectivity index (χ4n) is 1.78. The maximum Gasteiger partial charge on any atom is 0.137 e. The highest BCUT2D eigenvalue weighted by molar-refractivity contribution is 5.81. The minimum Gasteiger partial charge on any atom is -0.461 e. The predicted octanol–water partition coefficient (Wildman–Crippen LogP) is 3.06. The van der Waals surface area contributed by atoms with Gasteiger partial charge in [-0.3, -0.25) is 0 Å². The summed E-state index contributed by atoms with van der Waals surface area (Å²) in [4.78, 5) is 0. The van der Waals surface area contributed by atoms with Crippen molar-refractivity contribution in [1.82, 2.24) is 0 Å². The molecular formula is C13H17NO. The summed E-state index contributed by atoms with van der Waals surface area (Å²) >= 11 is 0. The highest BCUT2D eigenvalue weighted by Gasteiger charge is 2.09. The molecule has 0 amide bonds. The number of fused-ring (bicyclic) bond motifs is 1. The van der Waals surface area contributed by atoms with Crippen LogP contribution in [0.5, 0.6) is 0 Å². The Hall–Kier alpha value is -1.28. The molecule has 0 aliphatic heterocycles. The van der Waals surface area contributed by atoms with E-state index in [-0.39, 0.29) is 0 Å². The van der Waals surface area contributed by atoms with Crippen LogP contribution in [0.15, 0.2) is 28.7 Å². The van der Waals surface area contributed by atoms with Crippen molar-refractivity contribution < 1.29 is 4.42 Å². The van der Waals surface area contributed by atoms with Gasteiger partial charge in [0.05, 0.1) is 0 Å². The number of benzene rings is 1. The molecule has 0 radical (unpaired) electrons. The molecule has 2 heteroatoms. The first-order valence-corrected chi connectivity index (χ1v) is 5.43. The first-order valence-electron chi connectivity index (χ1n) is 5.43. The molecule has 0 atom stereocenters. The third kappa shape index (κ3) is 1.90. The Morgan fingerprint density at radius 3 is 2.80 bits per heavy atom. The lowest BCUT2D eigenvalue weighted by Gasteiger charge is -2.00. The zero-order chi connectivity index (χ0) is 10.8.